The predicted octanol–water partition coefficient (Wildman–Crippen LogP) is 0.894. The first-order valence-electron chi connectivity index (χ1n) is 12.6. The predicted molar refractivity (Wildman–Crippen MR) is 155 cm³/mol. The Labute approximate surface area is 248 Å². The molecular formula is C23H38Cl2N4O10P2. The van der Waals surface area contributed by atoms with E-state index in [2.05, 4.69) is 5.32 Å². The van der Waals surface area contributed by atoms with Crippen LogP contribution in [0.25, 0.3) is 0 Å². The van der Waals surface area contributed by atoms with Gasteiger partial charge in [-0.25, -0.2) is 0 Å². The Balaban J connectivity index is 2.71. The molecule has 14 nitrogen and oxygen atoms in total. The van der Waals surface area contributed by atoms with Crippen LogP contribution in [0, 0.1) is 0 Å². The quantitative estimate of drug-likeness (QED) is 0.0660. The van der Waals surface area contributed by atoms with Gasteiger partial charge in [0.2, 0.25) is 17.7 Å². The van der Waals surface area contributed by atoms with Gasteiger partial charge in [0.1, 0.15) is 6.54 Å². The van der Waals surface area contributed by atoms with Crippen molar-refractivity contribution in [1.82, 2.24) is 10.2 Å². The molecule has 0 spiro atoms. The highest BCUT2D eigenvalue weighted by molar-refractivity contribution is 7.72. The number of halogens is 2. The molecular weight excluding hydrogens is 625 g/mol. The molecule has 0 fully saturated rings. The second-order valence-electron chi connectivity index (χ2n) is 9.31. The number of benzene rings is 1. The Morgan fingerprint density at radius 1 is 1.00 bits per heavy atom. The van der Waals surface area contributed by atoms with Gasteiger partial charge in [-0.3, -0.25) is 28.4 Å². The molecule has 1 atom stereocenters. The Hall–Kier alpha value is -1.57. The number of hydrogen-bond acceptors (Lipinski definition) is 8. The highest BCUT2D eigenvalue weighted by Crippen LogP contribution is 2.69. The third kappa shape index (κ3) is 11.6. The number of carbonyl (C=O) groups is 3. The highest BCUT2D eigenvalue weighted by atomic mass is 35.5. The summed E-state index contributed by atoms with van der Waals surface area (Å²) < 4.78 is 22.8. The molecule has 1 rings (SSSR count). The topological polar surface area (TPSA) is 231 Å². The SMILES string of the molecule is C[C@H](N)C(=O)N(CC(=O)NCCCC(O)(P(=O)(O)O)P(=O)(O)O)C(=O)CCCc1ccc(N(CCCl)CCCl)cc1. The minimum absolute atomic E-state index is 0.0598. The molecule has 1 aromatic carbocycles. The number of hydrogen-bond donors (Lipinski definition) is 7. The van der Waals surface area contributed by atoms with Crippen molar-refractivity contribution in [3.05, 3.63) is 29.8 Å². The molecule has 0 radical (unpaired) electrons. The van der Waals surface area contributed by atoms with Crippen LogP contribution in [-0.2, 0) is 29.9 Å². The number of alkyl halides is 2. The van der Waals surface area contributed by atoms with Gasteiger partial charge in [-0.2, -0.15) is 0 Å². The molecule has 0 aliphatic rings. The maximum Gasteiger partial charge on any atom is 0.369 e. The lowest BCUT2D eigenvalue weighted by molar-refractivity contribution is -0.148. The molecule has 0 saturated carbocycles. The van der Waals surface area contributed by atoms with Crippen LogP contribution in [-0.4, -0.2) is 96.4 Å². The van der Waals surface area contributed by atoms with Crippen LogP contribution in [0.5, 0.6) is 0 Å². The number of nitrogens with one attached hydrogen (secondary N) is 1. The fourth-order valence-corrected chi connectivity index (χ4v) is 6.44. The summed E-state index contributed by atoms with van der Waals surface area (Å²) in [6.45, 7) is 1.58. The van der Waals surface area contributed by atoms with Crippen molar-refractivity contribution in [2.75, 3.05) is 42.8 Å². The van der Waals surface area contributed by atoms with Crippen molar-refractivity contribution in [3.8, 4) is 0 Å². The molecule has 18 heteroatoms. The lowest BCUT2D eigenvalue weighted by atomic mass is 10.1. The maximum atomic E-state index is 12.8. The number of aryl methyl sites for hydroxylation is 1. The van der Waals surface area contributed by atoms with Crippen LogP contribution in [0.3, 0.4) is 0 Å². The largest absolute Gasteiger partial charge is 0.369 e. The normalized spacial score (nSPS) is 13.0. The molecule has 0 aliphatic heterocycles. The highest BCUT2D eigenvalue weighted by Gasteiger charge is 2.58. The molecule has 0 saturated heterocycles. The zero-order chi connectivity index (χ0) is 31.4. The van der Waals surface area contributed by atoms with Gasteiger partial charge in [0, 0.05) is 49.9 Å². The van der Waals surface area contributed by atoms with E-state index in [9.17, 15) is 28.6 Å². The van der Waals surface area contributed by atoms with E-state index in [1.54, 1.807) is 0 Å². The molecule has 3 amide bonds. The number of imide groups is 1. The van der Waals surface area contributed by atoms with Gasteiger partial charge in [-0.15, -0.1) is 23.2 Å². The van der Waals surface area contributed by atoms with Crippen molar-refractivity contribution in [2.45, 2.75) is 50.2 Å². The third-order valence-corrected chi connectivity index (χ3v) is 10.3. The van der Waals surface area contributed by atoms with E-state index in [4.69, 9.17) is 48.5 Å². The van der Waals surface area contributed by atoms with E-state index in [1.165, 1.54) is 6.92 Å². The van der Waals surface area contributed by atoms with Gasteiger partial charge in [0.25, 0.3) is 5.08 Å². The Morgan fingerprint density at radius 2 is 1.54 bits per heavy atom. The van der Waals surface area contributed by atoms with Gasteiger partial charge in [-0.05, 0) is 43.9 Å². The number of anilines is 1. The second-order valence-corrected chi connectivity index (χ2v) is 14.1. The van der Waals surface area contributed by atoms with Gasteiger partial charge in [-0.1, -0.05) is 12.1 Å². The molecule has 0 aliphatic carbocycles. The summed E-state index contributed by atoms with van der Waals surface area (Å²) in [5.41, 5.74) is 7.54. The van der Waals surface area contributed by atoms with E-state index in [0.717, 1.165) is 11.3 Å². The molecule has 0 unspecified atom stereocenters. The zero-order valence-corrected chi connectivity index (χ0v) is 25.9. The van der Waals surface area contributed by atoms with E-state index < -0.39 is 63.4 Å². The van der Waals surface area contributed by atoms with Crippen molar-refractivity contribution >= 4 is 61.8 Å². The van der Waals surface area contributed by atoms with Gasteiger partial charge >= 0.3 is 15.2 Å². The molecule has 1 aromatic rings. The van der Waals surface area contributed by atoms with E-state index >= 15 is 0 Å². The monoisotopic (exact) mass is 662 g/mol. The van der Waals surface area contributed by atoms with Crippen LogP contribution in [0.1, 0.15) is 38.2 Å². The van der Waals surface area contributed by atoms with Crippen LogP contribution in [0.2, 0.25) is 0 Å². The summed E-state index contributed by atoms with van der Waals surface area (Å²) in [7, 11) is -11.2. The molecule has 8 N–H and O–H groups in total. The Bertz CT molecular complexity index is 1090. The fourth-order valence-electron chi connectivity index (χ4n) is 3.77. The minimum Gasteiger partial charge on any atom is -0.369 e. The maximum absolute atomic E-state index is 12.8. The first kappa shape index (κ1) is 37.5. The first-order chi connectivity index (χ1) is 19.0. The average molecular weight is 663 g/mol. The van der Waals surface area contributed by atoms with Crippen molar-refractivity contribution in [1.29, 1.82) is 0 Å². The molecule has 0 bridgehead atoms. The minimum atomic E-state index is -5.62. The molecule has 234 valence electrons. The van der Waals surface area contributed by atoms with Gasteiger partial charge in [0.15, 0.2) is 0 Å². The lowest BCUT2D eigenvalue weighted by Gasteiger charge is -2.29. The van der Waals surface area contributed by atoms with E-state index in [-0.39, 0.29) is 13.0 Å². The summed E-state index contributed by atoms with van der Waals surface area (Å²) in [6, 6.07) is 6.59. The Morgan fingerprint density at radius 3 is 2.00 bits per heavy atom. The van der Waals surface area contributed by atoms with Crippen molar-refractivity contribution < 1.29 is 48.2 Å². The third-order valence-electron chi connectivity index (χ3n) is 6.07. The second kappa shape index (κ2) is 16.9. The van der Waals surface area contributed by atoms with E-state index in [0.29, 0.717) is 42.6 Å². The number of aliphatic hydroxyl groups is 1. The summed E-state index contributed by atoms with van der Waals surface area (Å²) in [4.78, 5) is 77.1. The van der Waals surface area contributed by atoms with Crippen molar-refractivity contribution in [2.24, 2.45) is 5.73 Å². The Kier molecular flexibility index (Phi) is 15.4. The van der Waals surface area contributed by atoms with Crippen LogP contribution in [0.15, 0.2) is 24.3 Å². The fraction of sp³-hybridized carbons (Fsp3) is 0.609. The summed E-state index contributed by atoms with van der Waals surface area (Å²) in [6.07, 6.45) is -0.621. The van der Waals surface area contributed by atoms with Gasteiger partial charge in [0.05, 0.1) is 6.04 Å². The lowest BCUT2D eigenvalue weighted by Crippen LogP contribution is -2.49. The number of nitrogens with zero attached hydrogens (tertiary/aromatic N) is 2. The number of nitrogens with two attached hydrogens (primary N) is 1. The zero-order valence-electron chi connectivity index (χ0n) is 22.6. The molecule has 0 aromatic heterocycles. The number of carbonyl (C=O) groups excluding carboxylic acids is 3. The van der Waals surface area contributed by atoms with Crippen LogP contribution < -0.4 is 16.0 Å². The van der Waals surface area contributed by atoms with Crippen LogP contribution >= 0.6 is 38.4 Å². The summed E-state index contributed by atoms with van der Waals surface area (Å²) in [5, 5.41) is 8.57. The van der Waals surface area contributed by atoms with Crippen LogP contribution in [0.4, 0.5) is 5.69 Å². The molecule has 0 heterocycles. The summed E-state index contributed by atoms with van der Waals surface area (Å²) in [5.74, 6) is -1.34. The molecule has 41 heavy (non-hydrogen) atoms. The standard InChI is InChI=1S/C23H38Cl2N4O10P2/c1-17(26)22(32)29(16-20(30)27-13-3-10-23(33,40(34,35)36)41(37,38)39)21(31)5-2-4-18-6-8-19(9-7-18)28(14-11-24)15-12-25/h6-9,17,33H,2-5,10-16,26H2,1H3,(H,27,30)(H2,34,35,36)(H2,37,38,39)/t17-/m0/s1. The van der Waals surface area contributed by atoms with Crippen molar-refractivity contribution in [3.63, 3.8) is 0 Å². The number of amides is 3. The summed E-state index contributed by atoms with van der Waals surface area (Å²) >= 11 is 11.7. The van der Waals surface area contributed by atoms with Gasteiger partial charge < -0.3 is 40.6 Å². The smallest absolute Gasteiger partial charge is 0.369 e. The average Bonchev–Trinajstić information content (AvgIpc) is 2.88. The first-order valence-corrected chi connectivity index (χ1v) is 16.9. The van der Waals surface area contributed by atoms with E-state index in [1.807, 2.05) is 29.2 Å². The number of rotatable bonds is 18.